The Morgan fingerprint density at radius 2 is 2.04 bits per heavy atom. The molecule has 0 unspecified atom stereocenters. The van der Waals surface area contributed by atoms with E-state index in [0.717, 1.165) is 50.7 Å². The molecule has 24 heavy (non-hydrogen) atoms. The van der Waals surface area contributed by atoms with Crippen LogP contribution < -0.4 is 4.90 Å². The Morgan fingerprint density at radius 1 is 1.29 bits per heavy atom. The highest BCUT2D eigenvalue weighted by Gasteiger charge is 2.21. The first-order chi connectivity index (χ1) is 11.8. The van der Waals surface area contributed by atoms with Crippen molar-refractivity contribution in [2.24, 2.45) is 0 Å². The zero-order valence-electron chi connectivity index (χ0n) is 14.0. The molecular formula is C18H23N3O2S. The average Bonchev–Trinajstić information content (AvgIpc) is 3.06. The SMILES string of the molecule is Cc1nscc1C(=O)N(CCCN1CCOCC1)c1ccccc1. The lowest BCUT2D eigenvalue weighted by atomic mass is 10.2. The highest BCUT2D eigenvalue weighted by molar-refractivity contribution is 7.04. The molecule has 1 aromatic heterocycles. The number of hydrogen-bond donors (Lipinski definition) is 0. The third-order valence-corrected chi connectivity index (χ3v) is 4.97. The van der Waals surface area contributed by atoms with Gasteiger partial charge in [0.2, 0.25) is 0 Å². The minimum Gasteiger partial charge on any atom is -0.379 e. The van der Waals surface area contributed by atoms with Gasteiger partial charge in [-0.3, -0.25) is 9.69 Å². The van der Waals surface area contributed by atoms with E-state index in [0.29, 0.717) is 12.1 Å². The summed E-state index contributed by atoms with van der Waals surface area (Å²) in [6.07, 6.45) is 0.942. The highest BCUT2D eigenvalue weighted by Crippen LogP contribution is 2.20. The zero-order valence-corrected chi connectivity index (χ0v) is 14.8. The number of carbonyl (C=O) groups excluding carboxylic acids is 1. The monoisotopic (exact) mass is 345 g/mol. The standard InChI is InChI=1S/C18H23N3O2S/c1-15-17(14-24-19-15)18(22)21(16-6-3-2-4-7-16)9-5-8-20-10-12-23-13-11-20/h2-4,6-7,14H,5,8-13H2,1H3. The Kier molecular flexibility index (Phi) is 5.96. The van der Waals surface area contributed by atoms with E-state index in [1.807, 2.05) is 47.5 Å². The van der Waals surface area contributed by atoms with Crippen molar-refractivity contribution in [1.82, 2.24) is 9.27 Å². The second-order valence-corrected chi connectivity index (χ2v) is 6.54. The first kappa shape index (κ1) is 17.1. The van der Waals surface area contributed by atoms with E-state index in [4.69, 9.17) is 4.74 Å². The maximum Gasteiger partial charge on any atom is 0.261 e. The lowest BCUT2D eigenvalue weighted by molar-refractivity contribution is 0.0376. The maximum absolute atomic E-state index is 13.0. The summed E-state index contributed by atoms with van der Waals surface area (Å²) in [5.41, 5.74) is 2.45. The summed E-state index contributed by atoms with van der Waals surface area (Å²) in [7, 11) is 0. The number of aromatic nitrogens is 1. The third kappa shape index (κ3) is 4.20. The van der Waals surface area contributed by atoms with Gasteiger partial charge in [0.15, 0.2) is 0 Å². The summed E-state index contributed by atoms with van der Waals surface area (Å²) >= 11 is 1.33. The van der Waals surface area contributed by atoms with Gasteiger partial charge in [-0.1, -0.05) is 18.2 Å². The molecule has 1 aliphatic rings. The summed E-state index contributed by atoms with van der Waals surface area (Å²) < 4.78 is 9.62. The van der Waals surface area contributed by atoms with Crippen LogP contribution in [-0.4, -0.2) is 54.6 Å². The molecule has 3 rings (SSSR count). The molecule has 0 radical (unpaired) electrons. The number of benzene rings is 1. The molecule has 5 nitrogen and oxygen atoms in total. The molecule has 0 N–H and O–H groups in total. The van der Waals surface area contributed by atoms with Crippen molar-refractivity contribution >= 4 is 23.1 Å². The Balaban J connectivity index is 1.68. The molecule has 128 valence electrons. The number of morpholine rings is 1. The van der Waals surface area contributed by atoms with Crippen LogP contribution in [0.1, 0.15) is 22.5 Å². The predicted octanol–water partition coefficient (Wildman–Crippen LogP) is 2.82. The summed E-state index contributed by atoms with van der Waals surface area (Å²) in [5, 5.41) is 1.84. The van der Waals surface area contributed by atoms with Gasteiger partial charge in [0.05, 0.1) is 24.5 Å². The molecule has 2 aromatic rings. The Hall–Kier alpha value is -1.76. The van der Waals surface area contributed by atoms with E-state index >= 15 is 0 Å². The van der Waals surface area contributed by atoms with Gasteiger partial charge in [-0.05, 0) is 37.0 Å². The second-order valence-electron chi connectivity index (χ2n) is 5.91. The van der Waals surface area contributed by atoms with Crippen LogP contribution in [0, 0.1) is 6.92 Å². The Morgan fingerprint density at radius 3 is 2.71 bits per heavy atom. The van der Waals surface area contributed by atoms with Crippen LogP contribution in [0.4, 0.5) is 5.69 Å². The second kappa shape index (κ2) is 8.37. The van der Waals surface area contributed by atoms with Crippen molar-refractivity contribution in [2.45, 2.75) is 13.3 Å². The van der Waals surface area contributed by atoms with Gasteiger partial charge in [-0.15, -0.1) is 0 Å². The molecule has 0 aliphatic carbocycles. The van der Waals surface area contributed by atoms with Crippen molar-refractivity contribution in [3.63, 3.8) is 0 Å². The van der Waals surface area contributed by atoms with Gasteiger partial charge in [-0.2, -0.15) is 4.37 Å². The van der Waals surface area contributed by atoms with Crippen LogP contribution in [0.5, 0.6) is 0 Å². The number of para-hydroxylation sites is 1. The summed E-state index contributed by atoms with van der Waals surface area (Å²) in [6.45, 7) is 7.15. The number of nitrogens with zero attached hydrogens (tertiary/aromatic N) is 3. The van der Waals surface area contributed by atoms with Crippen molar-refractivity contribution in [3.8, 4) is 0 Å². The van der Waals surface area contributed by atoms with E-state index in [2.05, 4.69) is 9.27 Å². The third-order valence-electron chi connectivity index (χ3n) is 4.25. The summed E-state index contributed by atoms with van der Waals surface area (Å²) in [5.74, 6) is 0.0365. The van der Waals surface area contributed by atoms with E-state index in [-0.39, 0.29) is 5.91 Å². The lowest BCUT2D eigenvalue weighted by Crippen LogP contribution is -2.39. The van der Waals surface area contributed by atoms with Crippen LogP contribution in [-0.2, 0) is 4.74 Å². The number of ether oxygens (including phenoxy) is 1. The van der Waals surface area contributed by atoms with E-state index in [1.165, 1.54) is 11.5 Å². The van der Waals surface area contributed by atoms with Gasteiger partial charge in [0.25, 0.3) is 5.91 Å². The van der Waals surface area contributed by atoms with Crippen LogP contribution in [0.25, 0.3) is 0 Å². The molecular weight excluding hydrogens is 322 g/mol. The van der Waals surface area contributed by atoms with Gasteiger partial charge in [0, 0.05) is 37.2 Å². The molecule has 2 heterocycles. The molecule has 0 atom stereocenters. The molecule has 0 saturated carbocycles. The number of carbonyl (C=O) groups is 1. The number of hydrogen-bond acceptors (Lipinski definition) is 5. The normalized spacial score (nSPS) is 15.4. The fourth-order valence-corrected chi connectivity index (χ4v) is 3.56. The first-order valence-electron chi connectivity index (χ1n) is 8.33. The largest absolute Gasteiger partial charge is 0.379 e. The lowest BCUT2D eigenvalue weighted by Gasteiger charge is -2.28. The van der Waals surface area contributed by atoms with Crippen LogP contribution in [0.2, 0.25) is 0 Å². The Bertz CT molecular complexity index is 653. The summed E-state index contributed by atoms with van der Waals surface area (Å²) in [4.78, 5) is 17.2. The quantitative estimate of drug-likeness (QED) is 0.808. The molecule has 6 heteroatoms. The maximum atomic E-state index is 13.0. The van der Waals surface area contributed by atoms with Gasteiger partial charge in [-0.25, -0.2) is 0 Å². The molecule has 1 aromatic carbocycles. The van der Waals surface area contributed by atoms with E-state index in [1.54, 1.807) is 0 Å². The average molecular weight is 345 g/mol. The van der Waals surface area contributed by atoms with E-state index in [9.17, 15) is 4.79 Å². The van der Waals surface area contributed by atoms with Crippen molar-refractivity contribution in [2.75, 3.05) is 44.3 Å². The Labute approximate surface area is 147 Å². The topological polar surface area (TPSA) is 45.7 Å². The van der Waals surface area contributed by atoms with Crippen molar-refractivity contribution in [3.05, 3.63) is 47.0 Å². The van der Waals surface area contributed by atoms with E-state index < -0.39 is 0 Å². The smallest absolute Gasteiger partial charge is 0.261 e. The predicted molar refractivity (Wildman–Crippen MR) is 96.8 cm³/mol. The molecule has 1 amide bonds. The fraction of sp³-hybridized carbons (Fsp3) is 0.444. The molecule has 0 bridgehead atoms. The minimum atomic E-state index is 0.0365. The van der Waals surface area contributed by atoms with Gasteiger partial charge < -0.3 is 9.64 Å². The minimum absolute atomic E-state index is 0.0365. The highest BCUT2D eigenvalue weighted by atomic mass is 32.1. The molecule has 1 saturated heterocycles. The van der Waals surface area contributed by atoms with Crippen LogP contribution in [0.15, 0.2) is 35.7 Å². The number of rotatable bonds is 6. The summed E-state index contributed by atoms with van der Waals surface area (Å²) in [6, 6.07) is 9.88. The zero-order chi connectivity index (χ0) is 16.8. The molecule has 1 fully saturated rings. The number of anilines is 1. The number of amides is 1. The number of aryl methyl sites for hydroxylation is 1. The van der Waals surface area contributed by atoms with Gasteiger partial charge in [0.1, 0.15) is 0 Å². The van der Waals surface area contributed by atoms with Crippen molar-refractivity contribution < 1.29 is 9.53 Å². The fourth-order valence-electron chi connectivity index (χ4n) is 2.88. The van der Waals surface area contributed by atoms with Gasteiger partial charge >= 0.3 is 0 Å². The van der Waals surface area contributed by atoms with Crippen molar-refractivity contribution in [1.29, 1.82) is 0 Å². The van der Waals surface area contributed by atoms with Crippen LogP contribution in [0.3, 0.4) is 0 Å². The molecule has 0 spiro atoms. The van der Waals surface area contributed by atoms with Crippen LogP contribution >= 0.6 is 11.5 Å². The first-order valence-corrected chi connectivity index (χ1v) is 9.17. The molecule has 1 aliphatic heterocycles.